The van der Waals surface area contributed by atoms with Crippen LogP contribution in [0.3, 0.4) is 0 Å². The van der Waals surface area contributed by atoms with Crippen LogP contribution in [-0.2, 0) is 20.7 Å². The lowest BCUT2D eigenvalue weighted by atomic mass is 9.92. The Bertz CT molecular complexity index is 884. The van der Waals surface area contributed by atoms with E-state index in [2.05, 4.69) is 11.4 Å². The van der Waals surface area contributed by atoms with Crippen LogP contribution in [0.15, 0.2) is 36.4 Å². The molecule has 2 aromatic carbocycles. The topological polar surface area (TPSA) is 75.7 Å². The Morgan fingerprint density at radius 2 is 1.83 bits per heavy atom. The summed E-state index contributed by atoms with van der Waals surface area (Å²) in [6, 6.07) is 11.7. The van der Waals surface area contributed by atoms with Crippen molar-refractivity contribution in [3.05, 3.63) is 64.2 Å². The van der Waals surface area contributed by atoms with Crippen LogP contribution in [0.1, 0.15) is 45.5 Å². The summed E-state index contributed by atoms with van der Waals surface area (Å²) < 4.78 is 5.04. The molecule has 0 radical (unpaired) electrons. The molecular formula is C23H26N2O4. The average Bonchev–Trinajstić information content (AvgIpc) is 2.71. The molecule has 29 heavy (non-hydrogen) atoms. The number of aryl methyl sites for hydroxylation is 2. The van der Waals surface area contributed by atoms with Crippen LogP contribution in [0.2, 0.25) is 0 Å². The molecule has 2 aromatic rings. The number of benzene rings is 2. The van der Waals surface area contributed by atoms with Gasteiger partial charge in [-0.1, -0.05) is 23.8 Å². The summed E-state index contributed by atoms with van der Waals surface area (Å²) in [5, 5.41) is 2.63. The number of anilines is 1. The molecule has 0 aromatic heterocycles. The van der Waals surface area contributed by atoms with Crippen LogP contribution in [0, 0.1) is 13.8 Å². The number of amides is 2. The Labute approximate surface area is 170 Å². The van der Waals surface area contributed by atoms with Crippen LogP contribution in [-0.4, -0.2) is 42.9 Å². The maximum atomic E-state index is 13.3. The van der Waals surface area contributed by atoms with Gasteiger partial charge < -0.3 is 15.0 Å². The molecule has 1 N–H and O–H groups in total. The zero-order valence-corrected chi connectivity index (χ0v) is 16.8. The number of nitrogens with zero attached hydrogens (tertiary/aromatic N) is 1. The quantitative estimate of drug-likeness (QED) is 0.732. The molecule has 0 saturated carbocycles. The first-order valence-corrected chi connectivity index (χ1v) is 9.79. The molecule has 1 saturated heterocycles. The normalized spacial score (nSPS) is 14.3. The molecule has 6 nitrogen and oxygen atoms in total. The second-order valence-electron chi connectivity index (χ2n) is 7.47. The Balaban J connectivity index is 1.82. The third kappa shape index (κ3) is 5.02. The van der Waals surface area contributed by atoms with Gasteiger partial charge in [-0.25, -0.2) is 0 Å². The number of carbonyl (C=O) groups excluding carboxylic acids is 3. The zero-order valence-electron chi connectivity index (χ0n) is 16.8. The van der Waals surface area contributed by atoms with Gasteiger partial charge in [0, 0.05) is 37.2 Å². The number of piperidine rings is 1. The van der Waals surface area contributed by atoms with Gasteiger partial charge in [-0.15, -0.1) is 0 Å². The molecule has 0 atom stereocenters. The van der Waals surface area contributed by atoms with Gasteiger partial charge >= 0.3 is 0 Å². The lowest BCUT2D eigenvalue weighted by molar-refractivity contribution is -0.135. The second kappa shape index (κ2) is 9.37. The fourth-order valence-electron chi connectivity index (χ4n) is 3.86. The van der Waals surface area contributed by atoms with Crippen molar-refractivity contribution in [3.8, 4) is 0 Å². The summed E-state index contributed by atoms with van der Waals surface area (Å²) in [6.45, 7) is 5.68. The van der Waals surface area contributed by atoms with Crippen LogP contribution in [0.25, 0.3) is 0 Å². The fraction of sp³-hybridized carbons (Fsp3) is 0.348. The summed E-state index contributed by atoms with van der Waals surface area (Å²) >= 11 is 0. The van der Waals surface area contributed by atoms with Gasteiger partial charge in [0.05, 0.1) is 0 Å². The van der Waals surface area contributed by atoms with Gasteiger partial charge in [-0.3, -0.25) is 14.4 Å². The van der Waals surface area contributed by atoms with Gasteiger partial charge in [-0.2, -0.15) is 0 Å². The van der Waals surface area contributed by atoms with E-state index < -0.39 is 0 Å². The molecule has 0 spiro atoms. The minimum absolute atomic E-state index is 0.0237. The van der Waals surface area contributed by atoms with Crippen molar-refractivity contribution in [2.45, 2.75) is 39.2 Å². The van der Waals surface area contributed by atoms with Crippen molar-refractivity contribution in [2.24, 2.45) is 0 Å². The van der Waals surface area contributed by atoms with E-state index in [1.807, 2.05) is 49.1 Å². The molecule has 152 valence electrons. The number of hydrogen-bond acceptors (Lipinski definition) is 4. The first-order valence-electron chi connectivity index (χ1n) is 9.79. The number of nitrogens with one attached hydrogen (secondary N) is 1. The van der Waals surface area contributed by atoms with E-state index in [0.717, 1.165) is 33.5 Å². The third-order valence-corrected chi connectivity index (χ3v) is 5.39. The molecule has 0 aliphatic carbocycles. The zero-order chi connectivity index (χ0) is 20.8. The maximum Gasteiger partial charge on any atom is 0.293 e. The highest BCUT2D eigenvalue weighted by atomic mass is 16.5. The van der Waals surface area contributed by atoms with E-state index in [1.54, 1.807) is 0 Å². The lowest BCUT2D eigenvalue weighted by Gasteiger charge is -2.31. The molecular weight excluding hydrogens is 368 g/mol. The van der Waals surface area contributed by atoms with Crippen molar-refractivity contribution in [3.63, 3.8) is 0 Å². The lowest BCUT2D eigenvalue weighted by Crippen LogP contribution is -2.41. The number of likely N-dealkylation sites (tertiary alicyclic amines) is 1. The molecule has 6 heteroatoms. The first-order chi connectivity index (χ1) is 14.0. The van der Waals surface area contributed by atoms with Crippen molar-refractivity contribution < 1.29 is 19.1 Å². The van der Waals surface area contributed by atoms with E-state index in [-0.39, 0.29) is 12.0 Å². The Kier molecular flexibility index (Phi) is 6.65. The van der Waals surface area contributed by atoms with Gasteiger partial charge in [0.25, 0.3) is 12.4 Å². The molecule has 1 fully saturated rings. The van der Waals surface area contributed by atoms with Crippen LogP contribution < -0.4 is 5.32 Å². The Morgan fingerprint density at radius 3 is 2.45 bits per heavy atom. The monoisotopic (exact) mass is 394 g/mol. The first kappa shape index (κ1) is 20.6. The van der Waals surface area contributed by atoms with Crippen molar-refractivity contribution >= 4 is 24.5 Å². The van der Waals surface area contributed by atoms with Crippen LogP contribution in [0.4, 0.5) is 5.69 Å². The molecule has 1 aliphatic rings. The fourth-order valence-corrected chi connectivity index (χ4v) is 3.86. The van der Waals surface area contributed by atoms with Gasteiger partial charge in [-0.05, 0) is 55.2 Å². The minimum Gasteiger partial charge on any atom is -0.464 e. The van der Waals surface area contributed by atoms with E-state index in [4.69, 9.17) is 4.74 Å². The Hall–Kier alpha value is -3.15. The standard InChI is InChI=1S/C23H26N2O4/c1-16-11-17(2)21(13-18-3-5-19(6-4-18)24-14-26)22(12-16)23(28)25-9-7-20(8-10-25)29-15-27/h3-6,11-12,14-15,20H,7-10,13H2,1-2H3,(H,24,26). The average molecular weight is 394 g/mol. The molecule has 3 rings (SSSR count). The van der Waals surface area contributed by atoms with Crippen molar-refractivity contribution in [1.82, 2.24) is 4.90 Å². The number of rotatable bonds is 7. The molecule has 1 heterocycles. The van der Waals surface area contributed by atoms with E-state index in [9.17, 15) is 14.4 Å². The third-order valence-electron chi connectivity index (χ3n) is 5.39. The summed E-state index contributed by atoms with van der Waals surface area (Å²) in [7, 11) is 0. The summed E-state index contributed by atoms with van der Waals surface area (Å²) in [5.41, 5.74) is 5.69. The van der Waals surface area contributed by atoms with Crippen LogP contribution >= 0.6 is 0 Å². The van der Waals surface area contributed by atoms with E-state index >= 15 is 0 Å². The molecule has 0 bridgehead atoms. The second-order valence-corrected chi connectivity index (χ2v) is 7.47. The largest absolute Gasteiger partial charge is 0.464 e. The highest BCUT2D eigenvalue weighted by Gasteiger charge is 2.26. The minimum atomic E-state index is -0.103. The van der Waals surface area contributed by atoms with Gasteiger partial charge in [0.1, 0.15) is 6.10 Å². The number of ether oxygens (including phenoxy) is 1. The summed E-state index contributed by atoms with van der Waals surface area (Å²) in [4.78, 5) is 36.2. The SMILES string of the molecule is Cc1cc(C)c(Cc2ccc(NC=O)cc2)c(C(=O)N2CCC(OC=O)CC2)c1. The summed E-state index contributed by atoms with van der Waals surface area (Å²) in [6.07, 6.45) is 2.51. The van der Waals surface area contributed by atoms with E-state index in [0.29, 0.717) is 45.2 Å². The highest BCUT2D eigenvalue weighted by molar-refractivity contribution is 5.96. The van der Waals surface area contributed by atoms with Crippen molar-refractivity contribution in [2.75, 3.05) is 18.4 Å². The van der Waals surface area contributed by atoms with E-state index in [1.165, 1.54) is 0 Å². The maximum absolute atomic E-state index is 13.3. The Morgan fingerprint density at radius 1 is 1.14 bits per heavy atom. The van der Waals surface area contributed by atoms with Gasteiger partial charge in [0.2, 0.25) is 6.41 Å². The van der Waals surface area contributed by atoms with Crippen molar-refractivity contribution in [1.29, 1.82) is 0 Å². The molecule has 1 aliphatic heterocycles. The van der Waals surface area contributed by atoms with Crippen LogP contribution in [0.5, 0.6) is 0 Å². The molecule has 2 amide bonds. The molecule has 0 unspecified atom stereocenters. The number of carbonyl (C=O) groups is 3. The number of hydrogen-bond donors (Lipinski definition) is 1. The predicted octanol–water partition coefficient (Wildman–Crippen LogP) is 3.24. The summed E-state index contributed by atoms with van der Waals surface area (Å²) in [5.74, 6) is 0.0237. The smallest absolute Gasteiger partial charge is 0.293 e. The predicted molar refractivity (Wildman–Crippen MR) is 111 cm³/mol. The highest BCUT2D eigenvalue weighted by Crippen LogP contribution is 2.25. The van der Waals surface area contributed by atoms with Gasteiger partial charge in [0.15, 0.2) is 0 Å².